The molecule has 1 aliphatic rings. The van der Waals surface area contributed by atoms with Crippen LogP contribution in [0.3, 0.4) is 0 Å². The summed E-state index contributed by atoms with van der Waals surface area (Å²) in [7, 11) is 0. The topological polar surface area (TPSA) is 38.3 Å². The zero-order valence-corrected chi connectivity index (χ0v) is 17.6. The van der Waals surface area contributed by atoms with Gasteiger partial charge in [0, 0.05) is 26.9 Å². The predicted octanol–water partition coefficient (Wildman–Crippen LogP) is 6.83. The van der Waals surface area contributed by atoms with E-state index in [0.717, 1.165) is 26.9 Å². The van der Waals surface area contributed by atoms with E-state index in [1.54, 1.807) is 12.1 Å². The van der Waals surface area contributed by atoms with Crippen LogP contribution in [0.15, 0.2) is 65.1 Å². The number of hydrogen-bond donors (Lipinski definition) is 1. The SMILES string of the molecule is O=C1Nc2ccccc2/C1=C/c1cc(Br)ccc1OCc1ccc(Cl)c(Cl)c1. The second-order valence-electron chi connectivity index (χ2n) is 6.28. The van der Waals surface area contributed by atoms with Crippen LogP contribution in [0, 0.1) is 0 Å². The summed E-state index contributed by atoms with van der Waals surface area (Å²) < 4.78 is 6.90. The van der Waals surface area contributed by atoms with Crippen molar-refractivity contribution >= 4 is 62.4 Å². The predicted molar refractivity (Wildman–Crippen MR) is 118 cm³/mol. The number of nitrogens with one attached hydrogen (secondary N) is 1. The van der Waals surface area contributed by atoms with Gasteiger partial charge in [0.05, 0.1) is 10.0 Å². The quantitative estimate of drug-likeness (QED) is 0.421. The Labute approximate surface area is 181 Å². The van der Waals surface area contributed by atoms with E-state index in [1.165, 1.54) is 0 Å². The second kappa shape index (κ2) is 8.00. The minimum Gasteiger partial charge on any atom is -0.488 e. The molecule has 0 aromatic heterocycles. The molecule has 4 rings (SSSR count). The summed E-state index contributed by atoms with van der Waals surface area (Å²) in [4.78, 5) is 12.4. The van der Waals surface area contributed by atoms with Crippen LogP contribution in [0.2, 0.25) is 10.0 Å². The molecule has 0 aliphatic carbocycles. The summed E-state index contributed by atoms with van der Waals surface area (Å²) in [5.74, 6) is 0.538. The van der Waals surface area contributed by atoms with Crippen molar-refractivity contribution in [2.45, 2.75) is 6.61 Å². The Hall–Kier alpha value is -2.27. The number of hydrogen-bond acceptors (Lipinski definition) is 2. The maximum Gasteiger partial charge on any atom is 0.256 e. The van der Waals surface area contributed by atoms with Crippen molar-refractivity contribution in [2.75, 3.05) is 5.32 Å². The largest absolute Gasteiger partial charge is 0.488 e. The van der Waals surface area contributed by atoms with Crippen molar-refractivity contribution in [3.8, 4) is 5.75 Å². The zero-order chi connectivity index (χ0) is 19.7. The van der Waals surface area contributed by atoms with Gasteiger partial charge >= 0.3 is 0 Å². The summed E-state index contributed by atoms with van der Waals surface area (Å²) in [5, 5.41) is 3.88. The second-order valence-corrected chi connectivity index (χ2v) is 8.01. The Morgan fingerprint density at radius 1 is 1.00 bits per heavy atom. The maximum absolute atomic E-state index is 12.4. The van der Waals surface area contributed by atoms with E-state index in [9.17, 15) is 4.79 Å². The average Bonchev–Trinajstić information content (AvgIpc) is 2.99. The molecule has 0 bridgehead atoms. The van der Waals surface area contributed by atoms with E-state index in [-0.39, 0.29) is 5.91 Å². The third kappa shape index (κ3) is 3.95. The molecule has 0 radical (unpaired) electrons. The summed E-state index contributed by atoms with van der Waals surface area (Å²) in [6.07, 6.45) is 1.84. The number of carbonyl (C=O) groups is 1. The highest BCUT2D eigenvalue weighted by atomic mass is 79.9. The monoisotopic (exact) mass is 473 g/mol. The van der Waals surface area contributed by atoms with Crippen molar-refractivity contribution in [1.82, 2.24) is 0 Å². The number of benzene rings is 3. The van der Waals surface area contributed by atoms with Crippen LogP contribution in [-0.4, -0.2) is 5.91 Å². The molecular weight excluding hydrogens is 461 g/mol. The van der Waals surface area contributed by atoms with Gasteiger partial charge in [0.2, 0.25) is 0 Å². The third-order valence-corrected chi connectivity index (χ3v) is 5.59. The lowest BCUT2D eigenvalue weighted by molar-refractivity contribution is -0.110. The van der Waals surface area contributed by atoms with Gasteiger partial charge in [0.1, 0.15) is 12.4 Å². The van der Waals surface area contributed by atoms with E-state index < -0.39 is 0 Å². The summed E-state index contributed by atoms with van der Waals surface area (Å²) in [5.41, 5.74) is 4.00. The van der Waals surface area contributed by atoms with Crippen molar-refractivity contribution in [2.24, 2.45) is 0 Å². The van der Waals surface area contributed by atoms with Gasteiger partial charge in [-0.3, -0.25) is 4.79 Å². The molecule has 3 aromatic carbocycles. The first-order valence-corrected chi connectivity index (χ1v) is 10.0. The number of fused-ring (bicyclic) bond motifs is 1. The molecule has 1 amide bonds. The van der Waals surface area contributed by atoms with Crippen molar-refractivity contribution in [3.63, 3.8) is 0 Å². The van der Waals surface area contributed by atoms with Gasteiger partial charge in [-0.25, -0.2) is 0 Å². The van der Waals surface area contributed by atoms with Crippen molar-refractivity contribution in [1.29, 1.82) is 0 Å². The molecule has 0 saturated heterocycles. The normalized spacial score (nSPS) is 14.1. The van der Waals surface area contributed by atoms with Crippen LogP contribution in [0.25, 0.3) is 11.6 Å². The number of carbonyl (C=O) groups excluding carboxylic acids is 1. The lowest BCUT2D eigenvalue weighted by atomic mass is 10.0. The van der Waals surface area contributed by atoms with Crippen LogP contribution in [0.5, 0.6) is 5.75 Å². The van der Waals surface area contributed by atoms with Crippen molar-refractivity contribution in [3.05, 3.63) is 91.9 Å². The van der Waals surface area contributed by atoms with Crippen molar-refractivity contribution < 1.29 is 9.53 Å². The standard InChI is InChI=1S/C22H14BrCl2NO2/c23-15-6-8-21(28-12-13-5-7-18(24)19(25)9-13)14(10-15)11-17-16-3-1-2-4-20(16)26-22(17)27/h1-11H,12H2,(H,26,27)/b17-11-. The van der Waals surface area contributed by atoms with E-state index in [0.29, 0.717) is 28.0 Å². The molecule has 0 spiro atoms. The molecule has 3 nitrogen and oxygen atoms in total. The molecule has 3 aromatic rings. The van der Waals surface area contributed by atoms with Gasteiger partial charge < -0.3 is 10.1 Å². The number of ether oxygens (including phenoxy) is 1. The van der Waals surface area contributed by atoms with Gasteiger partial charge in [0.25, 0.3) is 5.91 Å². The molecule has 140 valence electrons. The molecular formula is C22H14BrCl2NO2. The molecule has 0 saturated carbocycles. The minimum atomic E-state index is -0.128. The van der Waals surface area contributed by atoms with Gasteiger partial charge in [-0.15, -0.1) is 0 Å². The zero-order valence-electron chi connectivity index (χ0n) is 14.5. The highest BCUT2D eigenvalue weighted by molar-refractivity contribution is 9.10. The van der Waals surface area contributed by atoms with Gasteiger partial charge in [-0.2, -0.15) is 0 Å². The van der Waals surface area contributed by atoms with E-state index >= 15 is 0 Å². The van der Waals surface area contributed by atoms with E-state index in [2.05, 4.69) is 21.2 Å². The van der Waals surface area contributed by atoms with Gasteiger partial charge in [-0.1, -0.05) is 63.4 Å². The number of para-hydroxylation sites is 1. The summed E-state index contributed by atoms with van der Waals surface area (Å²) in [6, 6.07) is 18.7. The molecule has 0 fully saturated rings. The first-order chi connectivity index (χ1) is 13.5. The number of amides is 1. The summed E-state index contributed by atoms with van der Waals surface area (Å²) >= 11 is 15.5. The van der Waals surface area contributed by atoms with Gasteiger partial charge in [-0.05, 0) is 48.0 Å². The summed E-state index contributed by atoms with van der Waals surface area (Å²) in [6.45, 7) is 0.331. The number of rotatable bonds is 4. The van der Waals surface area contributed by atoms with Crippen LogP contribution < -0.4 is 10.1 Å². The number of halogens is 3. The fourth-order valence-electron chi connectivity index (χ4n) is 2.99. The number of anilines is 1. The van der Waals surface area contributed by atoms with Crippen LogP contribution >= 0.6 is 39.1 Å². The lowest BCUT2D eigenvalue weighted by Crippen LogP contribution is -2.04. The molecule has 0 atom stereocenters. The van der Waals surface area contributed by atoms with Crippen LogP contribution in [0.1, 0.15) is 16.7 Å². The first kappa shape index (κ1) is 19.1. The highest BCUT2D eigenvalue weighted by Crippen LogP contribution is 2.35. The van der Waals surface area contributed by atoms with Gasteiger partial charge in [0.15, 0.2) is 0 Å². The fourth-order valence-corrected chi connectivity index (χ4v) is 3.69. The highest BCUT2D eigenvalue weighted by Gasteiger charge is 2.23. The fraction of sp³-hybridized carbons (Fsp3) is 0.0455. The van der Waals surface area contributed by atoms with Crippen LogP contribution in [0.4, 0.5) is 5.69 Å². The first-order valence-electron chi connectivity index (χ1n) is 8.50. The Morgan fingerprint density at radius 2 is 1.82 bits per heavy atom. The lowest BCUT2D eigenvalue weighted by Gasteiger charge is -2.11. The smallest absolute Gasteiger partial charge is 0.256 e. The molecule has 1 aliphatic heterocycles. The van der Waals surface area contributed by atoms with E-state index in [4.69, 9.17) is 27.9 Å². The Bertz CT molecular complexity index is 1110. The molecule has 1 heterocycles. The molecule has 0 unspecified atom stereocenters. The van der Waals surface area contributed by atoms with E-state index in [1.807, 2.05) is 54.6 Å². The third-order valence-electron chi connectivity index (χ3n) is 4.36. The Morgan fingerprint density at radius 3 is 2.64 bits per heavy atom. The molecule has 1 N–H and O–H groups in total. The maximum atomic E-state index is 12.4. The van der Waals surface area contributed by atoms with Crippen LogP contribution in [-0.2, 0) is 11.4 Å². The minimum absolute atomic E-state index is 0.128. The Balaban J connectivity index is 1.66. The Kier molecular flexibility index (Phi) is 5.44. The molecule has 28 heavy (non-hydrogen) atoms. The average molecular weight is 475 g/mol. The molecule has 6 heteroatoms.